The van der Waals surface area contributed by atoms with E-state index in [1.807, 2.05) is 36.4 Å². The third kappa shape index (κ3) is 2.52. The molecule has 0 bridgehead atoms. The molecule has 2 aromatic rings. The Balaban J connectivity index is 1.99. The fourth-order valence-electron chi connectivity index (χ4n) is 2.44. The van der Waals surface area contributed by atoms with Gasteiger partial charge in [-0.15, -0.1) is 0 Å². The number of ether oxygens (including phenoxy) is 2. The predicted molar refractivity (Wildman–Crippen MR) is 84.4 cm³/mol. The monoisotopic (exact) mass is 352 g/mol. The van der Waals surface area contributed by atoms with Crippen LogP contribution in [0.15, 0.2) is 36.4 Å². The summed E-state index contributed by atoms with van der Waals surface area (Å²) < 4.78 is 10.9. The maximum atomic E-state index is 6.21. The van der Waals surface area contributed by atoms with Crippen molar-refractivity contribution in [3.8, 4) is 11.5 Å². The summed E-state index contributed by atoms with van der Waals surface area (Å²) in [5, 5.41) is 0.752. The number of hydrogen-bond acceptors (Lipinski definition) is 2. The fraction of sp³-hybridized carbons (Fsp3) is 0.250. The van der Waals surface area contributed by atoms with Crippen molar-refractivity contribution in [2.75, 3.05) is 13.7 Å². The van der Waals surface area contributed by atoms with Gasteiger partial charge in [-0.1, -0.05) is 39.7 Å². The third-order valence-electron chi connectivity index (χ3n) is 3.46. The van der Waals surface area contributed by atoms with Gasteiger partial charge in [0.15, 0.2) is 0 Å². The zero-order valence-corrected chi connectivity index (χ0v) is 13.4. The van der Waals surface area contributed by atoms with Gasteiger partial charge in [0.25, 0.3) is 0 Å². The summed E-state index contributed by atoms with van der Waals surface area (Å²) in [5.41, 5.74) is 3.41. The van der Waals surface area contributed by atoms with Crippen LogP contribution in [0.25, 0.3) is 0 Å². The normalized spacial score (nSPS) is 14.6. The van der Waals surface area contributed by atoms with E-state index in [1.165, 1.54) is 5.56 Å². The van der Waals surface area contributed by atoms with Crippen molar-refractivity contribution in [2.24, 2.45) is 0 Å². The second-order valence-electron chi connectivity index (χ2n) is 4.72. The first-order valence-electron chi connectivity index (χ1n) is 6.42. The van der Waals surface area contributed by atoms with Gasteiger partial charge in [-0.3, -0.25) is 0 Å². The van der Waals surface area contributed by atoms with Crippen LogP contribution in [0, 0.1) is 0 Å². The van der Waals surface area contributed by atoms with E-state index in [2.05, 4.69) is 15.9 Å². The maximum Gasteiger partial charge on any atom is 0.127 e. The first kappa shape index (κ1) is 13.8. The van der Waals surface area contributed by atoms with Gasteiger partial charge in [0.1, 0.15) is 11.5 Å². The molecule has 0 aromatic heterocycles. The van der Waals surface area contributed by atoms with Crippen molar-refractivity contribution in [3.63, 3.8) is 0 Å². The minimum Gasteiger partial charge on any atom is -0.497 e. The number of hydrogen-bond donors (Lipinski definition) is 0. The van der Waals surface area contributed by atoms with E-state index >= 15 is 0 Å². The van der Waals surface area contributed by atoms with Crippen LogP contribution < -0.4 is 9.47 Å². The van der Waals surface area contributed by atoms with Crippen molar-refractivity contribution in [3.05, 3.63) is 58.1 Å². The first-order chi connectivity index (χ1) is 9.69. The molecule has 0 N–H and O–H groups in total. The van der Waals surface area contributed by atoms with Crippen LogP contribution in [0.4, 0.5) is 0 Å². The molecule has 4 heteroatoms. The number of fused-ring (bicyclic) bond motifs is 1. The Morgan fingerprint density at radius 2 is 2.00 bits per heavy atom. The lowest BCUT2D eigenvalue weighted by atomic mass is 10.0. The van der Waals surface area contributed by atoms with Gasteiger partial charge >= 0.3 is 0 Å². The lowest BCUT2D eigenvalue weighted by Gasteiger charge is -2.15. The van der Waals surface area contributed by atoms with Gasteiger partial charge in [-0.25, -0.2) is 0 Å². The average Bonchev–Trinajstić information content (AvgIpc) is 2.94. The molecule has 2 nitrogen and oxygen atoms in total. The number of halogens is 2. The summed E-state index contributed by atoms with van der Waals surface area (Å²) >= 11 is 9.96. The summed E-state index contributed by atoms with van der Waals surface area (Å²) in [7, 11) is 1.66. The molecule has 0 saturated heterocycles. The van der Waals surface area contributed by atoms with E-state index in [4.69, 9.17) is 21.1 Å². The van der Waals surface area contributed by atoms with Crippen molar-refractivity contribution < 1.29 is 9.47 Å². The van der Waals surface area contributed by atoms with E-state index in [9.17, 15) is 0 Å². The van der Waals surface area contributed by atoms with E-state index < -0.39 is 0 Å². The van der Waals surface area contributed by atoms with Crippen LogP contribution in [0.2, 0.25) is 5.02 Å². The van der Waals surface area contributed by atoms with Crippen LogP contribution in [0.1, 0.15) is 21.5 Å². The molecular weight excluding hydrogens is 340 g/mol. The molecule has 3 rings (SSSR count). The zero-order valence-electron chi connectivity index (χ0n) is 11.0. The molecule has 0 saturated carbocycles. The molecular formula is C16H14BrClO2. The molecule has 0 radical (unpaired) electrons. The molecule has 1 heterocycles. The highest BCUT2D eigenvalue weighted by atomic mass is 79.9. The van der Waals surface area contributed by atoms with Gasteiger partial charge in [0, 0.05) is 17.0 Å². The van der Waals surface area contributed by atoms with Gasteiger partial charge < -0.3 is 9.47 Å². The summed E-state index contributed by atoms with van der Waals surface area (Å²) in [6.45, 7) is 0.727. The lowest BCUT2D eigenvalue weighted by molar-refractivity contribution is 0.354. The van der Waals surface area contributed by atoms with Crippen molar-refractivity contribution in [1.29, 1.82) is 0 Å². The van der Waals surface area contributed by atoms with Gasteiger partial charge in [0.05, 0.1) is 18.5 Å². The van der Waals surface area contributed by atoms with Crippen molar-refractivity contribution in [2.45, 2.75) is 11.2 Å². The van der Waals surface area contributed by atoms with Gasteiger partial charge in [-0.05, 0) is 35.4 Å². The molecule has 1 unspecified atom stereocenters. The minimum atomic E-state index is 0.0546. The second-order valence-corrected chi connectivity index (χ2v) is 6.07. The first-order valence-corrected chi connectivity index (χ1v) is 7.71. The smallest absolute Gasteiger partial charge is 0.127 e. The molecule has 2 aromatic carbocycles. The SMILES string of the molecule is COc1ccc(C(Br)c2cc(Cl)cc3c2OCC3)cc1. The molecule has 0 spiro atoms. The highest BCUT2D eigenvalue weighted by Crippen LogP contribution is 2.42. The van der Waals surface area contributed by atoms with Crippen LogP contribution in [0.5, 0.6) is 11.5 Å². The van der Waals surface area contributed by atoms with Crippen LogP contribution in [0.3, 0.4) is 0 Å². The largest absolute Gasteiger partial charge is 0.497 e. The number of rotatable bonds is 3. The molecule has 0 amide bonds. The Morgan fingerprint density at radius 1 is 1.25 bits per heavy atom. The molecule has 20 heavy (non-hydrogen) atoms. The molecule has 0 fully saturated rings. The van der Waals surface area contributed by atoms with Crippen LogP contribution in [-0.2, 0) is 6.42 Å². The van der Waals surface area contributed by atoms with Gasteiger partial charge in [-0.2, -0.15) is 0 Å². The Morgan fingerprint density at radius 3 is 2.70 bits per heavy atom. The molecule has 104 valence electrons. The Labute approximate surface area is 131 Å². The quantitative estimate of drug-likeness (QED) is 0.740. The molecule has 1 aliphatic rings. The van der Waals surface area contributed by atoms with E-state index in [1.54, 1.807) is 7.11 Å². The number of alkyl halides is 1. The highest BCUT2D eigenvalue weighted by Gasteiger charge is 2.23. The average molecular weight is 354 g/mol. The maximum absolute atomic E-state index is 6.21. The summed E-state index contributed by atoms with van der Waals surface area (Å²) in [5.74, 6) is 1.81. The van der Waals surface area contributed by atoms with E-state index in [-0.39, 0.29) is 4.83 Å². The second kappa shape index (κ2) is 5.66. The number of methoxy groups -OCH3 is 1. The number of benzene rings is 2. The van der Waals surface area contributed by atoms with Gasteiger partial charge in [0.2, 0.25) is 0 Å². The highest BCUT2D eigenvalue weighted by molar-refractivity contribution is 9.09. The lowest BCUT2D eigenvalue weighted by Crippen LogP contribution is -1.97. The predicted octanol–water partition coefficient (Wildman–Crippen LogP) is 4.77. The molecule has 1 atom stereocenters. The van der Waals surface area contributed by atoms with E-state index in [0.717, 1.165) is 40.7 Å². The zero-order chi connectivity index (χ0) is 14.1. The van der Waals surface area contributed by atoms with Crippen molar-refractivity contribution in [1.82, 2.24) is 0 Å². The Kier molecular flexibility index (Phi) is 3.90. The van der Waals surface area contributed by atoms with Crippen LogP contribution >= 0.6 is 27.5 Å². The van der Waals surface area contributed by atoms with E-state index in [0.29, 0.717) is 0 Å². The standard InChI is InChI=1S/C16H14BrClO2/c1-19-13-4-2-10(3-5-13)15(17)14-9-12(18)8-11-6-7-20-16(11)14/h2-5,8-9,15H,6-7H2,1H3. The summed E-state index contributed by atoms with van der Waals surface area (Å²) in [6.07, 6.45) is 0.922. The minimum absolute atomic E-state index is 0.0546. The Bertz CT molecular complexity index is 625. The third-order valence-corrected chi connectivity index (χ3v) is 4.70. The van der Waals surface area contributed by atoms with Crippen LogP contribution in [-0.4, -0.2) is 13.7 Å². The summed E-state index contributed by atoms with van der Waals surface area (Å²) in [6, 6.07) is 11.9. The fourth-order valence-corrected chi connectivity index (χ4v) is 3.33. The Hall–Kier alpha value is -1.19. The molecule has 0 aliphatic carbocycles. The summed E-state index contributed by atoms with van der Waals surface area (Å²) in [4.78, 5) is 0.0546. The topological polar surface area (TPSA) is 18.5 Å². The van der Waals surface area contributed by atoms with Crippen molar-refractivity contribution >= 4 is 27.5 Å². The molecule has 1 aliphatic heterocycles.